The zero-order chi connectivity index (χ0) is 23.1. The molecular weight excluding hydrogens is 424 g/mol. The molecule has 2 saturated heterocycles. The van der Waals surface area contributed by atoms with E-state index in [0.717, 1.165) is 42.3 Å². The minimum atomic E-state index is -0.878. The van der Waals surface area contributed by atoms with E-state index in [0.29, 0.717) is 23.3 Å². The van der Waals surface area contributed by atoms with Gasteiger partial charge in [0.05, 0.1) is 30.9 Å². The summed E-state index contributed by atoms with van der Waals surface area (Å²) in [6.07, 6.45) is 8.74. The van der Waals surface area contributed by atoms with E-state index in [4.69, 9.17) is 4.74 Å². The second kappa shape index (κ2) is 8.46. The maximum Gasteiger partial charge on any atom is 0.250 e. The molecule has 0 aliphatic carbocycles. The Morgan fingerprint density at radius 1 is 1.09 bits per heavy atom. The molecule has 170 valence electrons. The monoisotopic (exact) mass is 449 g/mol. The van der Waals surface area contributed by atoms with Crippen LogP contribution in [0.2, 0.25) is 0 Å². The Kier molecular flexibility index (Phi) is 5.48. The molecule has 0 N–H and O–H groups in total. The van der Waals surface area contributed by atoms with E-state index < -0.39 is 11.6 Å². The SMILES string of the molecule is COc1cc(/C=C2\CCC3CCC(c4ccc(F)c(F)c4)N3C2=O)ccc1-n1cnc(C)c1. The summed E-state index contributed by atoms with van der Waals surface area (Å²) in [4.78, 5) is 19.6. The number of carbonyl (C=O) groups is 1. The molecule has 7 heteroatoms. The van der Waals surface area contributed by atoms with Gasteiger partial charge in [-0.25, -0.2) is 13.8 Å². The molecule has 2 aliphatic rings. The number of rotatable bonds is 4. The van der Waals surface area contributed by atoms with Crippen molar-refractivity contribution in [2.75, 3.05) is 7.11 Å². The Morgan fingerprint density at radius 2 is 1.94 bits per heavy atom. The highest BCUT2D eigenvalue weighted by Gasteiger charge is 2.41. The number of imidazole rings is 1. The van der Waals surface area contributed by atoms with Crippen molar-refractivity contribution >= 4 is 12.0 Å². The highest BCUT2D eigenvalue weighted by Crippen LogP contribution is 2.43. The summed E-state index contributed by atoms with van der Waals surface area (Å²) in [5.41, 5.74) is 4.01. The average Bonchev–Trinajstić information content (AvgIpc) is 3.44. The number of piperidine rings is 1. The molecule has 2 atom stereocenters. The van der Waals surface area contributed by atoms with Gasteiger partial charge in [0.15, 0.2) is 11.6 Å². The highest BCUT2D eigenvalue weighted by molar-refractivity contribution is 5.99. The van der Waals surface area contributed by atoms with Crippen LogP contribution in [-0.4, -0.2) is 33.5 Å². The third-order valence-corrected chi connectivity index (χ3v) is 6.62. The number of fused-ring (bicyclic) bond motifs is 1. The summed E-state index contributed by atoms with van der Waals surface area (Å²) >= 11 is 0. The molecule has 2 unspecified atom stereocenters. The fourth-order valence-electron chi connectivity index (χ4n) is 5.00. The molecule has 3 heterocycles. The van der Waals surface area contributed by atoms with Crippen LogP contribution in [0.4, 0.5) is 8.78 Å². The van der Waals surface area contributed by atoms with Crippen molar-refractivity contribution in [1.29, 1.82) is 0 Å². The van der Waals surface area contributed by atoms with Crippen LogP contribution >= 0.6 is 0 Å². The highest BCUT2D eigenvalue weighted by atomic mass is 19.2. The number of aryl methyl sites for hydroxylation is 1. The number of hydrogen-bond donors (Lipinski definition) is 0. The van der Waals surface area contributed by atoms with E-state index in [-0.39, 0.29) is 18.0 Å². The standard InChI is InChI=1S/C26H25F2N3O2/c1-16-14-30(15-29-16)24-9-3-17(12-25(24)33-2)11-19-4-6-20-7-10-23(31(20)26(19)32)18-5-8-21(27)22(28)13-18/h3,5,8-9,11-15,20,23H,4,6-7,10H2,1-2H3/b19-11+. The molecule has 0 radical (unpaired) electrons. The lowest BCUT2D eigenvalue weighted by molar-refractivity contribution is -0.131. The Bertz CT molecular complexity index is 1250. The zero-order valence-corrected chi connectivity index (χ0v) is 18.6. The van der Waals surface area contributed by atoms with E-state index in [1.807, 2.05) is 46.9 Å². The van der Waals surface area contributed by atoms with E-state index >= 15 is 0 Å². The minimum absolute atomic E-state index is 0.0354. The number of aromatic nitrogens is 2. The van der Waals surface area contributed by atoms with Crippen LogP contribution in [0.5, 0.6) is 5.75 Å². The number of hydrogen-bond acceptors (Lipinski definition) is 3. The number of benzene rings is 2. The normalized spacial score (nSPS) is 21.5. The van der Waals surface area contributed by atoms with Crippen LogP contribution in [0.15, 0.2) is 54.5 Å². The van der Waals surface area contributed by atoms with E-state index in [9.17, 15) is 13.6 Å². The van der Waals surface area contributed by atoms with Crippen LogP contribution in [0.1, 0.15) is 48.5 Å². The summed E-state index contributed by atoms with van der Waals surface area (Å²) in [7, 11) is 1.62. The van der Waals surface area contributed by atoms with Gasteiger partial charge in [0.2, 0.25) is 0 Å². The predicted octanol–water partition coefficient (Wildman–Crippen LogP) is 5.38. The summed E-state index contributed by atoms with van der Waals surface area (Å²) < 4.78 is 34.8. The van der Waals surface area contributed by atoms with Gasteiger partial charge in [-0.1, -0.05) is 12.1 Å². The van der Waals surface area contributed by atoms with Crippen molar-refractivity contribution < 1.29 is 18.3 Å². The Morgan fingerprint density at radius 3 is 2.67 bits per heavy atom. The molecule has 0 saturated carbocycles. The predicted molar refractivity (Wildman–Crippen MR) is 121 cm³/mol. The van der Waals surface area contributed by atoms with E-state index in [2.05, 4.69) is 4.98 Å². The van der Waals surface area contributed by atoms with Gasteiger partial charge >= 0.3 is 0 Å². The van der Waals surface area contributed by atoms with Gasteiger partial charge in [-0.15, -0.1) is 0 Å². The zero-order valence-electron chi connectivity index (χ0n) is 18.6. The van der Waals surface area contributed by atoms with Crippen molar-refractivity contribution in [2.24, 2.45) is 0 Å². The smallest absolute Gasteiger partial charge is 0.250 e. The summed E-state index contributed by atoms with van der Waals surface area (Å²) in [5.74, 6) is -1.10. The molecule has 1 amide bonds. The number of methoxy groups -OCH3 is 1. The lowest BCUT2D eigenvalue weighted by Gasteiger charge is -2.35. The Hall–Kier alpha value is -3.48. The van der Waals surface area contributed by atoms with Crippen molar-refractivity contribution in [2.45, 2.75) is 44.7 Å². The molecule has 33 heavy (non-hydrogen) atoms. The van der Waals surface area contributed by atoms with E-state index in [1.54, 1.807) is 19.5 Å². The van der Waals surface area contributed by atoms with Crippen molar-refractivity contribution in [1.82, 2.24) is 14.5 Å². The first-order valence-corrected chi connectivity index (χ1v) is 11.1. The fourth-order valence-corrected chi connectivity index (χ4v) is 5.00. The first kappa shape index (κ1) is 21.4. The maximum absolute atomic E-state index is 13.8. The summed E-state index contributed by atoms with van der Waals surface area (Å²) in [6.45, 7) is 1.93. The first-order chi connectivity index (χ1) is 15.9. The first-order valence-electron chi connectivity index (χ1n) is 11.1. The lowest BCUT2D eigenvalue weighted by atomic mass is 9.95. The quantitative estimate of drug-likeness (QED) is 0.503. The third kappa shape index (κ3) is 3.92. The second-order valence-electron chi connectivity index (χ2n) is 8.69. The van der Waals surface area contributed by atoms with Gasteiger partial charge in [-0.3, -0.25) is 4.79 Å². The number of nitrogens with zero attached hydrogens (tertiary/aromatic N) is 3. The van der Waals surface area contributed by atoms with Crippen LogP contribution in [0, 0.1) is 18.6 Å². The molecule has 1 aromatic heterocycles. The van der Waals surface area contributed by atoms with Gasteiger partial charge in [0.25, 0.3) is 5.91 Å². The van der Waals surface area contributed by atoms with Crippen LogP contribution in [-0.2, 0) is 4.79 Å². The molecule has 2 fully saturated rings. The Balaban J connectivity index is 1.43. The molecule has 5 nitrogen and oxygen atoms in total. The molecule has 0 bridgehead atoms. The molecular formula is C26H25F2N3O2. The van der Waals surface area contributed by atoms with E-state index in [1.165, 1.54) is 6.07 Å². The van der Waals surface area contributed by atoms with Gasteiger partial charge in [0.1, 0.15) is 5.75 Å². The molecule has 3 aromatic rings. The largest absolute Gasteiger partial charge is 0.495 e. The maximum atomic E-state index is 13.8. The number of carbonyl (C=O) groups excluding carboxylic acids is 1. The molecule has 5 rings (SSSR count). The number of amides is 1. The van der Waals surface area contributed by atoms with Crippen LogP contribution < -0.4 is 4.74 Å². The Labute approximate surface area is 191 Å². The number of halogens is 2. The molecule has 2 aliphatic heterocycles. The number of ether oxygens (including phenoxy) is 1. The average molecular weight is 450 g/mol. The topological polar surface area (TPSA) is 47.4 Å². The molecule has 0 spiro atoms. The fraction of sp³-hybridized carbons (Fsp3) is 0.308. The second-order valence-corrected chi connectivity index (χ2v) is 8.69. The third-order valence-electron chi connectivity index (χ3n) is 6.62. The van der Waals surface area contributed by atoms with Crippen molar-refractivity contribution in [3.8, 4) is 11.4 Å². The van der Waals surface area contributed by atoms with Crippen LogP contribution in [0.25, 0.3) is 11.8 Å². The van der Waals surface area contributed by atoms with Crippen molar-refractivity contribution in [3.05, 3.63) is 83.0 Å². The van der Waals surface area contributed by atoms with Gasteiger partial charge in [-0.05, 0) is 74.1 Å². The summed E-state index contributed by atoms with van der Waals surface area (Å²) in [6, 6.07) is 9.65. The van der Waals surface area contributed by atoms with Crippen molar-refractivity contribution in [3.63, 3.8) is 0 Å². The van der Waals surface area contributed by atoms with Gasteiger partial charge < -0.3 is 14.2 Å². The minimum Gasteiger partial charge on any atom is -0.495 e. The van der Waals surface area contributed by atoms with Gasteiger partial charge in [-0.2, -0.15) is 0 Å². The van der Waals surface area contributed by atoms with Gasteiger partial charge in [0, 0.05) is 17.8 Å². The summed E-state index contributed by atoms with van der Waals surface area (Å²) in [5, 5.41) is 0. The molecule has 2 aromatic carbocycles. The van der Waals surface area contributed by atoms with Crippen LogP contribution in [0.3, 0.4) is 0 Å². The lowest BCUT2D eigenvalue weighted by Crippen LogP contribution is -2.41.